The lowest BCUT2D eigenvalue weighted by Crippen LogP contribution is -2.27. The molecule has 0 radical (unpaired) electrons. The van der Waals surface area contributed by atoms with E-state index in [0.29, 0.717) is 16.9 Å². The number of aryl methyl sites for hydroxylation is 1. The van der Waals surface area contributed by atoms with Gasteiger partial charge >= 0.3 is 0 Å². The average Bonchev–Trinajstić information content (AvgIpc) is 2.69. The molecule has 1 aliphatic heterocycles. The van der Waals surface area contributed by atoms with Crippen molar-refractivity contribution in [3.8, 4) is 0 Å². The standard InChI is InChI=1S/C17H17FN2O3S/c1-10-8-11(18)4-7-15(10)24(22,23)20-12-5-6-14-13(9-12)17(2,3)16(21)19-14/h4-9,20H,1-3H3,(H,19,21). The van der Waals surface area contributed by atoms with E-state index < -0.39 is 21.3 Å². The lowest BCUT2D eigenvalue weighted by atomic mass is 9.86. The molecule has 2 aromatic rings. The molecule has 1 amide bonds. The number of hydrogen-bond donors (Lipinski definition) is 2. The fraction of sp³-hybridized carbons (Fsp3) is 0.235. The first-order chi connectivity index (χ1) is 11.1. The van der Waals surface area contributed by atoms with Gasteiger partial charge in [0.25, 0.3) is 10.0 Å². The van der Waals surface area contributed by atoms with Crippen molar-refractivity contribution in [1.29, 1.82) is 0 Å². The Hall–Kier alpha value is -2.41. The van der Waals surface area contributed by atoms with Crippen molar-refractivity contribution in [2.45, 2.75) is 31.1 Å². The monoisotopic (exact) mass is 348 g/mol. The van der Waals surface area contributed by atoms with Gasteiger partial charge in [-0.2, -0.15) is 0 Å². The van der Waals surface area contributed by atoms with Gasteiger partial charge in [-0.1, -0.05) is 0 Å². The Bertz CT molecular complexity index is 952. The predicted molar refractivity (Wildman–Crippen MR) is 90.0 cm³/mol. The van der Waals surface area contributed by atoms with E-state index in [4.69, 9.17) is 0 Å². The molecule has 0 fully saturated rings. The zero-order valence-corrected chi connectivity index (χ0v) is 14.3. The average molecular weight is 348 g/mol. The minimum Gasteiger partial charge on any atom is -0.325 e. The van der Waals surface area contributed by atoms with Crippen LogP contribution in [0.25, 0.3) is 0 Å². The fourth-order valence-electron chi connectivity index (χ4n) is 2.76. The molecule has 126 valence electrons. The van der Waals surface area contributed by atoms with Gasteiger partial charge < -0.3 is 5.32 Å². The number of rotatable bonds is 3. The first-order valence-electron chi connectivity index (χ1n) is 7.36. The summed E-state index contributed by atoms with van der Waals surface area (Å²) in [4.78, 5) is 12.0. The highest BCUT2D eigenvalue weighted by Gasteiger charge is 2.38. The van der Waals surface area contributed by atoms with Crippen molar-refractivity contribution < 1.29 is 17.6 Å². The Balaban J connectivity index is 1.98. The van der Waals surface area contributed by atoms with Crippen molar-refractivity contribution in [3.63, 3.8) is 0 Å². The number of amides is 1. The van der Waals surface area contributed by atoms with Gasteiger partial charge in [-0.3, -0.25) is 9.52 Å². The summed E-state index contributed by atoms with van der Waals surface area (Å²) >= 11 is 0. The minimum absolute atomic E-state index is 0.0119. The van der Waals surface area contributed by atoms with Crippen LogP contribution < -0.4 is 10.0 Å². The van der Waals surface area contributed by atoms with E-state index in [1.54, 1.807) is 32.0 Å². The van der Waals surface area contributed by atoms with Crippen LogP contribution in [0.4, 0.5) is 15.8 Å². The molecule has 1 aliphatic rings. The third kappa shape index (κ3) is 2.65. The Labute approximate surface area is 139 Å². The van der Waals surface area contributed by atoms with Crippen LogP contribution in [0.5, 0.6) is 0 Å². The number of carbonyl (C=O) groups is 1. The number of sulfonamides is 1. The number of anilines is 2. The molecule has 7 heteroatoms. The summed E-state index contributed by atoms with van der Waals surface area (Å²) in [6, 6.07) is 8.40. The summed E-state index contributed by atoms with van der Waals surface area (Å²) < 4.78 is 40.8. The summed E-state index contributed by atoms with van der Waals surface area (Å²) in [5.74, 6) is -0.623. The normalized spacial score (nSPS) is 15.8. The molecule has 2 N–H and O–H groups in total. The van der Waals surface area contributed by atoms with Crippen LogP contribution in [-0.2, 0) is 20.2 Å². The minimum atomic E-state index is -3.85. The largest absolute Gasteiger partial charge is 0.325 e. The van der Waals surface area contributed by atoms with Crippen molar-refractivity contribution in [1.82, 2.24) is 0 Å². The molecule has 0 unspecified atom stereocenters. The summed E-state index contributed by atoms with van der Waals surface area (Å²) in [7, 11) is -3.85. The summed E-state index contributed by atoms with van der Waals surface area (Å²) in [6.07, 6.45) is 0. The van der Waals surface area contributed by atoms with Crippen molar-refractivity contribution >= 4 is 27.3 Å². The van der Waals surface area contributed by atoms with E-state index in [9.17, 15) is 17.6 Å². The first kappa shape index (κ1) is 16.4. The van der Waals surface area contributed by atoms with Crippen LogP contribution in [-0.4, -0.2) is 14.3 Å². The quantitative estimate of drug-likeness (QED) is 0.895. The zero-order chi connectivity index (χ0) is 17.7. The van der Waals surface area contributed by atoms with Crippen LogP contribution >= 0.6 is 0 Å². The van der Waals surface area contributed by atoms with Crippen molar-refractivity contribution in [3.05, 3.63) is 53.3 Å². The maximum Gasteiger partial charge on any atom is 0.262 e. The molecule has 5 nitrogen and oxygen atoms in total. The van der Waals surface area contributed by atoms with E-state index in [-0.39, 0.29) is 10.8 Å². The van der Waals surface area contributed by atoms with Crippen LogP contribution in [0.2, 0.25) is 0 Å². The van der Waals surface area contributed by atoms with Gasteiger partial charge in [-0.25, -0.2) is 12.8 Å². The second kappa shape index (κ2) is 5.31. The Kier molecular flexibility index (Phi) is 3.64. The maximum atomic E-state index is 13.2. The molecule has 24 heavy (non-hydrogen) atoms. The predicted octanol–water partition coefficient (Wildman–Crippen LogP) is 3.16. The van der Waals surface area contributed by atoms with Crippen molar-refractivity contribution in [2.75, 3.05) is 10.0 Å². The summed E-state index contributed by atoms with van der Waals surface area (Å²) in [6.45, 7) is 5.08. The molecule has 0 spiro atoms. The fourth-order valence-corrected chi connectivity index (χ4v) is 4.04. The van der Waals surface area contributed by atoms with Gasteiger partial charge in [0, 0.05) is 11.4 Å². The highest BCUT2D eigenvalue weighted by atomic mass is 32.2. The lowest BCUT2D eigenvalue weighted by Gasteiger charge is -2.16. The first-order valence-corrected chi connectivity index (χ1v) is 8.84. The molecule has 2 aromatic carbocycles. The Morgan fingerprint density at radius 2 is 1.83 bits per heavy atom. The van der Waals surface area contributed by atoms with Gasteiger partial charge in [0.15, 0.2) is 0 Å². The molecular formula is C17H17FN2O3S. The number of benzene rings is 2. The van der Waals surface area contributed by atoms with Gasteiger partial charge in [0.2, 0.25) is 5.91 Å². The molecule has 0 aliphatic carbocycles. The number of halogens is 1. The smallest absolute Gasteiger partial charge is 0.262 e. The van der Waals surface area contributed by atoms with E-state index in [1.807, 2.05) is 0 Å². The van der Waals surface area contributed by atoms with E-state index in [0.717, 1.165) is 11.6 Å². The van der Waals surface area contributed by atoms with Crippen LogP contribution in [0.15, 0.2) is 41.3 Å². The third-order valence-electron chi connectivity index (χ3n) is 4.19. The molecule has 3 rings (SSSR count). The SMILES string of the molecule is Cc1cc(F)ccc1S(=O)(=O)Nc1ccc2c(c1)C(C)(C)C(=O)N2. The third-order valence-corrected chi connectivity index (χ3v) is 5.73. The van der Waals surface area contributed by atoms with Crippen molar-refractivity contribution in [2.24, 2.45) is 0 Å². The molecule has 0 saturated heterocycles. The molecule has 0 saturated carbocycles. The van der Waals surface area contributed by atoms with Gasteiger partial charge in [-0.05, 0) is 68.3 Å². The summed E-state index contributed by atoms with van der Waals surface area (Å²) in [5, 5.41) is 2.77. The van der Waals surface area contributed by atoms with Crippen LogP contribution in [0, 0.1) is 12.7 Å². The Morgan fingerprint density at radius 3 is 2.50 bits per heavy atom. The van der Waals surface area contributed by atoms with E-state index >= 15 is 0 Å². The van der Waals surface area contributed by atoms with Gasteiger partial charge in [-0.15, -0.1) is 0 Å². The molecule has 1 heterocycles. The highest BCUT2D eigenvalue weighted by Crippen LogP contribution is 2.39. The van der Waals surface area contributed by atoms with Crippen LogP contribution in [0.1, 0.15) is 25.0 Å². The van der Waals surface area contributed by atoms with E-state index in [1.165, 1.54) is 19.1 Å². The molecule has 0 atom stereocenters. The second-order valence-corrected chi connectivity index (χ2v) is 8.01. The summed E-state index contributed by atoms with van der Waals surface area (Å²) in [5.41, 5.74) is 1.33. The second-order valence-electron chi connectivity index (χ2n) is 6.35. The number of fused-ring (bicyclic) bond motifs is 1. The topological polar surface area (TPSA) is 75.3 Å². The maximum absolute atomic E-state index is 13.2. The molecule has 0 aromatic heterocycles. The lowest BCUT2D eigenvalue weighted by molar-refractivity contribution is -0.119. The van der Waals surface area contributed by atoms with E-state index in [2.05, 4.69) is 10.0 Å². The zero-order valence-electron chi connectivity index (χ0n) is 13.5. The number of carbonyl (C=O) groups excluding carboxylic acids is 1. The number of nitrogens with one attached hydrogen (secondary N) is 2. The Morgan fingerprint density at radius 1 is 1.12 bits per heavy atom. The molecule has 0 bridgehead atoms. The van der Waals surface area contributed by atoms with Gasteiger partial charge in [0.05, 0.1) is 10.3 Å². The highest BCUT2D eigenvalue weighted by molar-refractivity contribution is 7.92. The molecular weight excluding hydrogens is 331 g/mol. The van der Waals surface area contributed by atoms with Crippen LogP contribution in [0.3, 0.4) is 0 Å². The number of hydrogen-bond acceptors (Lipinski definition) is 3. The van der Waals surface area contributed by atoms with Gasteiger partial charge in [0.1, 0.15) is 5.82 Å².